The van der Waals surface area contributed by atoms with Crippen LogP contribution in [0.1, 0.15) is 30.6 Å². The molecule has 0 radical (unpaired) electrons. The van der Waals surface area contributed by atoms with Crippen molar-refractivity contribution in [3.05, 3.63) is 28.2 Å². The van der Waals surface area contributed by atoms with Crippen molar-refractivity contribution in [3.8, 4) is 5.75 Å². The summed E-state index contributed by atoms with van der Waals surface area (Å²) in [5, 5.41) is 13.5. The SMILES string of the molecule is CC(C)C(CCBr)NC(=O)c1cc(Br)ccc1O. The molecule has 1 atom stereocenters. The normalized spacial score (nSPS) is 12.5. The average molecular weight is 379 g/mol. The number of hydrogen-bond donors (Lipinski definition) is 2. The van der Waals surface area contributed by atoms with E-state index < -0.39 is 0 Å². The van der Waals surface area contributed by atoms with Gasteiger partial charge in [0.1, 0.15) is 5.75 Å². The predicted molar refractivity (Wildman–Crippen MR) is 80.3 cm³/mol. The molecule has 1 aromatic rings. The van der Waals surface area contributed by atoms with Gasteiger partial charge >= 0.3 is 0 Å². The highest BCUT2D eigenvalue weighted by Crippen LogP contribution is 2.22. The van der Waals surface area contributed by atoms with Gasteiger partial charge in [0.2, 0.25) is 0 Å². The van der Waals surface area contributed by atoms with Crippen LogP contribution in [0.25, 0.3) is 0 Å². The summed E-state index contributed by atoms with van der Waals surface area (Å²) >= 11 is 6.67. The van der Waals surface area contributed by atoms with Crippen molar-refractivity contribution >= 4 is 37.8 Å². The van der Waals surface area contributed by atoms with Crippen molar-refractivity contribution in [1.82, 2.24) is 5.32 Å². The van der Waals surface area contributed by atoms with Crippen molar-refractivity contribution in [1.29, 1.82) is 0 Å². The zero-order valence-corrected chi connectivity index (χ0v) is 13.6. The number of hydrogen-bond acceptors (Lipinski definition) is 2. The van der Waals surface area contributed by atoms with Gasteiger partial charge in [-0.25, -0.2) is 0 Å². The molecule has 0 aliphatic heterocycles. The quantitative estimate of drug-likeness (QED) is 0.767. The van der Waals surface area contributed by atoms with Crippen molar-refractivity contribution in [3.63, 3.8) is 0 Å². The van der Waals surface area contributed by atoms with Gasteiger partial charge in [0.25, 0.3) is 5.91 Å². The summed E-state index contributed by atoms with van der Waals surface area (Å²) in [6.07, 6.45) is 0.859. The second kappa shape index (κ2) is 7.14. The molecule has 1 unspecified atom stereocenters. The Balaban J connectivity index is 2.83. The minimum Gasteiger partial charge on any atom is -0.507 e. The summed E-state index contributed by atoms with van der Waals surface area (Å²) in [5.74, 6) is 0.103. The standard InChI is InChI=1S/C13H17Br2NO2/c1-8(2)11(5-6-14)16-13(18)10-7-9(15)3-4-12(10)17/h3-4,7-8,11,17H,5-6H2,1-2H3,(H,16,18). The second-order valence-electron chi connectivity index (χ2n) is 4.46. The van der Waals surface area contributed by atoms with E-state index in [0.29, 0.717) is 11.5 Å². The van der Waals surface area contributed by atoms with Gasteiger partial charge < -0.3 is 10.4 Å². The molecule has 3 nitrogen and oxygen atoms in total. The molecular weight excluding hydrogens is 362 g/mol. The molecule has 0 saturated carbocycles. The summed E-state index contributed by atoms with van der Waals surface area (Å²) in [4.78, 5) is 12.1. The van der Waals surface area contributed by atoms with Gasteiger partial charge in [0.15, 0.2) is 0 Å². The van der Waals surface area contributed by atoms with Crippen LogP contribution < -0.4 is 5.32 Å². The zero-order chi connectivity index (χ0) is 13.7. The number of alkyl halides is 1. The first-order valence-electron chi connectivity index (χ1n) is 5.81. The first-order chi connectivity index (χ1) is 8.45. The molecule has 1 aromatic carbocycles. The molecule has 0 spiro atoms. The van der Waals surface area contributed by atoms with Gasteiger partial charge in [-0.05, 0) is 30.5 Å². The maximum Gasteiger partial charge on any atom is 0.255 e. The van der Waals surface area contributed by atoms with Crippen LogP contribution in [0, 0.1) is 5.92 Å². The predicted octanol–water partition coefficient (Wildman–Crippen LogP) is 3.69. The Kier molecular flexibility index (Phi) is 6.15. The summed E-state index contributed by atoms with van der Waals surface area (Å²) in [7, 11) is 0. The van der Waals surface area contributed by atoms with Crippen molar-refractivity contribution < 1.29 is 9.90 Å². The second-order valence-corrected chi connectivity index (χ2v) is 6.17. The van der Waals surface area contributed by atoms with E-state index in [1.165, 1.54) is 6.07 Å². The fraction of sp³-hybridized carbons (Fsp3) is 0.462. The largest absolute Gasteiger partial charge is 0.507 e. The number of aromatic hydroxyl groups is 1. The lowest BCUT2D eigenvalue weighted by Gasteiger charge is -2.21. The molecule has 1 rings (SSSR count). The highest BCUT2D eigenvalue weighted by Gasteiger charge is 2.18. The summed E-state index contributed by atoms with van der Waals surface area (Å²) < 4.78 is 0.770. The maximum absolute atomic E-state index is 12.1. The van der Waals surface area contributed by atoms with Crippen LogP contribution in [-0.2, 0) is 0 Å². The average Bonchev–Trinajstić information content (AvgIpc) is 2.31. The molecule has 2 N–H and O–H groups in total. The molecule has 0 aliphatic rings. The Morgan fingerprint density at radius 2 is 2.11 bits per heavy atom. The molecule has 5 heteroatoms. The lowest BCUT2D eigenvalue weighted by Crippen LogP contribution is -2.38. The third kappa shape index (κ3) is 4.28. The topological polar surface area (TPSA) is 49.3 Å². The van der Waals surface area contributed by atoms with Crippen LogP contribution >= 0.6 is 31.9 Å². The fourth-order valence-electron chi connectivity index (χ4n) is 1.63. The van der Waals surface area contributed by atoms with Crippen LogP contribution in [0.15, 0.2) is 22.7 Å². The number of phenols is 1. The van der Waals surface area contributed by atoms with Gasteiger partial charge in [-0.1, -0.05) is 45.7 Å². The van der Waals surface area contributed by atoms with E-state index in [-0.39, 0.29) is 17.7 Å². The van der Waals surface area contributed by atoms with Crippen LogP contribution in [0.3, 0.4) is 0 Å². The lowest BCUT2D eigenvalue weighted by atomic mass is 10.0. The molecule has 0 heterocycles. The van der Waals surface area contributed by atoms with Crippen LogP contribution in [0.4, 0.5) is 0 Å². The minimum absolute atomic E-state index is 0.00273. The fourth-order valence-corrected chi connectivity index (χ4v) is 2.48. The van der Waals surface area contributed by atoms with Gasteiger partial charge in [0.05, 0.1) is 5.56 Å². The zero-order valence-electron chi connectivity index (χ0n) is 10.4. The Bertz CT molecular complexity index is 421. The van der Waals surface area contributed by atoms with Gasteiger partial charge in [-0.3, -0.25) is 4.79 Å². The van der Waals surface area contributed by atoms with E-state index in [0.717, 1.165) is 16.2 Å². The first-order valence-corrected chi connectivity index (χ1v) is 7.72. The van der Waals surface area contributed by atoms with E-state index >= 15 is 0 Å². The summed E-state index contributed by atoms with van der Waals surface area (Å²) in [6.45, 7) is 4.13. The Labute approximate surface area is 124 Å². The van der Waals surface area contributed by atoms with Crippen molar-refractivity contribution in [2.45, 2.75) is 26.3 Å². The van der Waals surface area contributed by atoms with E-state index in [9.17, 15) is 9.90 Å². The Morgan fingerprint density at radius 3 is 2.67 bits per heavy atom. The maximum atomic E-state index is 12.1. The molecular formula is C13H17Br2NO2. The number of benzene rings is 1. The van der Waals surface area contributed by atoms with Crippen LogP contribution in [-0.4, -0.2) is 22.4 Å². The third-order valence-corrected chi connectivity index (χ3v) is 3.70. The highest BCUT2D eigenvalue weighted by atomic mass is 79.9. The molecule has 0 aliphatic carbocycles. The number of rotatable bonds is 5. The lowest BCUT2D eigenvalue weighted by molar-refractivity contribution is 0.0922. The number of phenolic OH excluding ortho intramolecular Hbond substituents is 1. The monoisotopic (exact) mass is 377 g/mol. The number of halogens is 2. The van der Waals surface area contributed by atoms with E-state index in [1.807, 2.05) is 0 Å². The Hall–Kier alpha value is -0.550. The van der Waals surface area contributed by atoms with Gasteiger partial charge in [0, 0.05) is 15.8 Å². The first kappa shape index (κ1) is 15.5. The molecule has 100 valence electrons. The van der Waals surface area contributed by atoms with Gasteiger partial charge in [-0.2, -0.15) is 0 Å². The highest BCUT2D eigenvalue weighted by molar-refractivity contribution is 9.10. The minimum atomic E-state index is -0.242. The number of carbonyl (C=O) groups is 1. The number of nitrogens with one attached hydrogen (secondary N) is 1. The molecule has 0 aromatic heterocycles. The third-order valence-electron chi connectivity index (χ3n) is 2.74. The molecule has 0 fully saturated rings. The molecule has 18 heavy (non-hydrogen) atoms. The summed E-state index contributed by atoms with van der Waals surface area (Å²) in [6, 6.07) is 4.92. The molecule has 1 amide bonds. The van der Waals surface area contributed by atoms with Crippen molar-refractivity contribution in [2.24, 2.45) is 5.92 Å². The van der Waals surface area contributed by atoms with Crippen molar-refractivity contribution in [2.75, 3.05) is 5.33 Å². The van der Waals surface area contributed by atoms with E-state index in [2.05, 4.69) is 51.0 Å². The van der Waals surface area contributed by atoms with Gasteiger partial charge in [-0.15, -0.1) is 0 Å². The van der Waals surface area contributed by atoms with Crippen LogP contribution in [0.5, 0.6) is 5.75 Å². The molecule has 0 bridgehead atoms. The van der Waals surface area contributed by atoms with E-state index in [1.54, 1.807) is 12.1 Å². The van der Waals surface area contributed by atoms with E-state index in [4.69, 9.17) is 0 Å². The Morgan fingerprint density at radius 1 is 1.44 bits per heavy atom. The number of amides is 1. The number of carbonyl (C=O) groups excluding carboxylic acids is 1. The summed E-state index contributed by atoms with van der Waals surface area (Å²) in [5.41, 5.74) is 0.296. The smallest absolute Gasteiger partial charge is 0.255 e. The molecule has 0 saturated heterocycles. The van der Waals surface area contributed by atoms with Crippen LogP contribution in [0.2, 0.25) is 0 Å².